The van der Waals surface area contributed by atoms with Gasteiger partial charge in [0.25, 0.3) is 0 Å². The van der Waals surface area contributed by atoms with Crippen LogP contribution in [0.3, 0.4) is 0 Å². The van der Waals surface area contributed by atoms with E-state index in [1.165, 1.54) is 5.56 Å². The van der Waals surface area contributed by atoms with Crippen LogP contribution in [0.5, 0.6) is 11.5 Å². The zero-order valence-electron chi connectivity index (χ0n) is 13.1. The summed E-state index contributed by atoms with van der Waals surface area (Å²) >= 11 is 0. The zero-order valence-corrected chi connectivity index (χ0v) is 13.1. The van der Waals surface area contributed by atoms with Crippen molar-refractivity contribution < 1.29 is 9.53 Å². The van der Waals surface area contributed by atoms with Gasteiger partial charge in [-0.1, -0.05) is 6.07 Å². The topological polar surface area (TPSA) is 50.1 Å². The van der Waals surface area contributed by atoms with E-state index >= 15 is 0 Å². The Bertz CT molecular complexity index is 724. The second-order valence-electron chi connectivity index (χ2n) is 5.48. The molecule has 0 radical (unpaired) electrons. The number of carbonyl (C=O) groups is 1. The molecule has 0 amide bonds. The van der Waals surface area contributed by atoms with E-state index in [1.807, 2.05) is 19.9 Å². The summed E-state index contributed by atoms with van der Waals surface area (Å²) in [6.07, 6.45) is 1.33. The third-order valence-corrected chi connectivity index (χ3v) is 3.59. The molecule has 0 aliphatic carbocycles. The van der Waals surface area contributed by atoms with Gasteiger partial charge < -0.3 is 9.53 Å². The first kappa shape index (κ1) is 15.8. The predicted molar refractivity (Wildman–Crippen MR) is 86.1 cm³/mol. The molecule has 0 N–H and O–H groups in total. The molecule has 0 aromatic heterocycles. The normalized spacial score (nSPS) is 10.1. The minimum atomic E-state index is 0.204. The summed E-state index contributed by atoms with van der Waals surface area (Å²) in [5.74, 6) is 1.71. The van der Waals surface area contributed by atoms with Crippen LogP contribution in [0.4, 0.5) is 0 Å². The molecule has 0 bridgehead atoms. The maximum Gasteiger partial charge on any atom is 0.130 e. The summed E-state index contributed by atoms with van der Waals surface area (Å²) in [7, 11) is 0. The van der Waals surface area contributed by atoms with Crippen LogP contribution >= 0.6 is 0 Å². The maximum atomic E-state index is 11.1. The Balaban J connectivity index is 2.19. The molecule has 3 heteroatoms. The molecule has 0 heterocycles. The Hall–Kier alpha value is -2.60. The first-order valence-corrected chi connectivity index (χ1v) is 7.27. The van der Waals surface area contributed by atoms with Crippen molar-refractivity contribution in [2.45, 2.75) is 33.6 Å². The average molecular weight is 293 g/mol. The van der Waals surface area contributed by atoms with E-state index in [9.17, 15) is 4.79 Å². The number of hydrogen-bond donors (Lipinski definition) is 0. The van der Waals surface area contributed by atoms with Crippen LogP contribution < -0.4 is 4.74 Å². The molecule has 112 valence electrons. The molecule has 0 atom stereocenters. The van der Waals surface area contributed by atoms with Gasteiger partial charge in [-0.05, 0) is 74.2 Å². The first-order valence-electron chi connectivity index (χ1n) is 7.27. The fourth-order valence-corrected chi connectivity index (χ4v) is 2.26. The molecular weight excluding hydrogens is 274 g/mol. The fourth-order valence-electron chi connectivity index (χ4n) is 2.26. The first-order chi connectivity index (χ1) is 10.5. The third kappa shape index (κ3) is 3.95. The Kier molecular flexibility index (Phi) is 4.95. The second-order valence-corrected chi connectivity index (χ2v) is 5.48. The third-order valence-electron chi connectivity index (χ3n) is 3.59. The highest BCUT2D eigenvalue weighted by atomic mass is 16.5. The minimum absolute atomic E-state index is 0.204. The van der Waals surface area contributed by atoms with E-state index in [0.717, 1.165) is 23.3 Å². The van der Waals surface area contributed by atoms with Crippen LogP contribution in [-0.2, 0) is 11.2 Å². The van der Waals surface area contributed by atoms with Crippen LogP contribution in [0, 0.1) is 25.2 Å². The van der Waals surface area contributed by atoms with E-state index in [0.29, 0.717) is 17.7 Å². The van der Waals surface area contributed by atoms with Crippen LogP contribution in [0.2, 0.25) is 0 Å². The van der Waals surface area contributed by atoms with Crippen molar-refractivity contribution in [3.05, 3.63) is 58.7 Å². The molecule has 2 aromatic rings. The van der Waals surface area contributed by atoms with Gasteiger partial charge in [-0.25, -0.2) is 0 Å². The van der Waals surface area contributed by atoms with E-state index in [1.54, 1.807) is 31.2 Å². The lowest BCUT2D eigenvalue weighted by atomic mass is 9.99. The van der Waals surface area contributed by atoms with Gasteiger partial charge in [-0.2, -0.15) is 5.26 Å². The highest BCUT2D eigenvalue weighted by molar-refractivity contribution is 5.75. The number of ketones is 1. The van der Waals surface area contributed by atoms with Crippen LogP contribution in [-0.4, -0.2) is 5.78 Å². The number of nitriles is 1. The van der Waals surface area contributed by atoms with Gasteiger partial charge in [-0.3, -0.25) is 0 Å². The second kappa shape index (κ2) is 6.91. The number of carbonyl (C=O) groups excluding carboxylic acids is 1. The molecule has 0 aliphatic heterocycles. The Morgan fingerprint density at radius 1 is 1.14 bits per heavy atom. The molecule has 0 aliphatic rings. The summed E-state index contributed by atoms with van der Waals surface area (Å²) < 4.78 is 5.89. The summed E-state index contributed by atoms with van der Waals surface area (Å²) in [6.45, 7) is 5.64. The monoisotopic (exact) mass is 293 g/mol. The van der Waals surface area contributed by atoms with Gasteiger partial charge in [0.1, 0.15) is 17.3 Å². The SMILES string of the molecule is CC(=O)CCc1cc(C)c(Oc2ccc(C#N)cc2)cc1C. The van der Waals surface area contributed by atoms with Crippen molar-refractivity contribution in [3.63, 3.8) is 0 Å². The van der Waals surface area contributed by atoms with Crippen LogP contribution in [0.15, 0.2) is 36.4 Å². The van der Waals surface area contributed by atoms with Crippen molar-refractivity contribution in [1.82, 2.24) is 0 Å². The highest BCUT2D eigenvalue weighted by Crippen LogP contribution is 2.28. The largest absolute Gasteiger partial charge is 0.457 e. The van der Waals surface area contributed by atoms with E-state index in [2.05, 4.69) is 12.1 Å². The van der Waals surface area contributed by atoms with Crippen molar-refractivity contribution in [2.75, 3.05) is 0 Å². The lowest BCUT2D eigenvalue weighted by Crippen LogP contribution is -1.98. The smallest absolute Gasteiger partial charge is 0.130 e. The number of nitrogens with zero attached hydrogens (tertiary/aromatic N) is 1. The van der Waals surface area contributed by atoms with Crippen molar-refractivity contribution in [3.8, 4) is 17.6 Å². The van der Waals surface area contributed by atoms with Gasteiger partial charge >= 0.3 is 0 Å². The number of rotatable bonds is 5. The Labute approximate surface area is 131 Å². The standard InChI is InChI=1S/C19H19NO2/c1-13-11-19(14(2)10-17(13)7-4-15(3)21)22-18-8-5-16(12-20)6-9-18/h5-6,8-11H,4,7H2,1-3H3. The van der Waals surface area contributed by atoms with Gasteiger partial charge in [0.05, 0.1) is 11.6 Å². The minimum Gasteiger partial charge on any atom is -0.457 e. The van der Waals surface area contributed by atoms with Crippen molar-refractivity contribution >= 4 is 5.78 Å². The Morgan fingerprint density at radius 2 is 1.82 bits per heavy atom. The summed E-state index contributed by atoms with van der Waals surface area (Å²) in [5, 5.41) is 8.80. The number of benzene rings is 2. The number of hydrogen-bond acceptors (Lipinski definition) is 3. The average Bonchev–Trinajstić information content (AvgIpc) is 2.50. The molecule has 0 unspecified atom stereocenters. The fraction of sp³-hybridized carbons (Fsp3) is 0.263. The lowest BCUT2D eigenvalue weighted by molar-refractivity contribution is -0.116. The van der Waals surface area contributed by atoms with E-state index in [-0.39, 0.29) is 5.78 Å². The van der Waals surface area contributed by atoms with Gasteiger partial charge in [-0.15, -0.1) is 0 Å². The van der Waals surface area contributed by atoms with E-state index in [4.69, 9.17) is 10.00 Å². The molecule has 0 fully saturated rings. The quantitative estimate of drug-likeness (QED) is 0.816. The number of Topliss-reactive ketones (excluding diaryl/α,β-unsaturated/α-hetero) is 1. The van der Waals surface area contributed by atoms with Crippen LogP contribution in [0.1, 0.15) is 35.6 Å². The number of aryl methyl sites for hydroxylation is 3. The van der Waals surface area contributed by atoms with Crippen molar-refractivity contribution in [2.24, 2.45) is 0 Å². The molecule has 22 heavy (non-hydrogen) atoms. The van der Waals surface area contributed by atoms with Gasteiger partial charge in [0.15, 0.2) is 0 Å². The number of ether oxygens (including phenoxy) is 1. The van der Waals surface area contributed by atoms with E-state index < -0.39 is 0 Å². The van der Waals surface area contributed by atoms with Gasteiger partial charge in [0, 0.05) is 6.42 Å². The summed E-state index contributed by atoms with van der Waals surface area (Å²) in [4.78, 5) is 11.1. The molecule has 3 nitrogen and oxygen atoms in total. The zero-order chi connectivity index (χ0) is 16.1. The summed E-state index contributed by atoms with van der Waals surface area (Å²) in [6, 6.07) is 13.2. The predicted octanol–water partition coefficient (Wildman–Crippen LogP) is 4.49. The molecule has 0 saturated carbocycles. The van der Waals surface area contributed by atoms with Gasteiger partial charge in [0.2, 0.25) is 0 Å². The molecule has 2 rings (SSSR count). The molecule has 0 spiro atoms. The molecular formula is C19H19NO2. The van der Waals surface area contributed by atoms with Crippen molar-refractivity contribution in [1.29, 1.82) is 5.26 Å². The van der Waals surface area contributed by atoms with Crippen LogP contribution in [0.25, 0.3) is 0 Å². The Morgan fingerprint density at radius 3 is 2.41 bits per heavy atom. The summed E-state index contributed by atoms with van der Waals surface area (Å²) in [5.41, 5.74) is 3.95. The maximum absolute atomic E-state index is 11.1. The molecule has 0 saturated heterocycles. The molecule has 2 aromatic carbocycles. The lowest BCUT2D eigenvalue weighted by Gasteiger charge is -2.13. The highest BCUT2D eigenvalue weighted by Gasteiger charge is 2.08.